The van der Waals surface area contributed by atoms with Crippen molar-refractivity contribution in [2.75, 3.05) is 6.61 Å². The predicted octanol–water partition coefficient (Wildman–Crippen LogP) is 1.04. The van der Waals surface area contributed by atoms with Gasteiger partial charge in [0.2, 0.25) is 5.79 Å². The van der Waals surface area contributed by atoms with Crippen LogP contribution in [0.2, 0.25) is 0 Å². The van der Waals surface area contributed by atoms with Gasteiger partial charge >= 0.3 is 0 Å². The molecule has 1 atom stereocenters. The van der Waals surface area contributed by atoms with E-state index in [9.17, 15) is 0 Å². The molecule has 1 unspecified atom stereocenters. The number of ether oxygens (including phenoxy) is 2. The lowest BCUT2D eigenvalue weighted by Crippen LogP contribution is -2.42. The average Bonchev–Trinajstić information content (AvgIpc) is 2.07. The molecule has 0 aromatic rings. The van der Waals surface area contributed by atoms with Crippen molar-refractivity contribution in [3.05, 3.63) is 12.3 Å². The molecule has 2 heteroatoms. The minimum Gasteiger partial charge on any atom is -0.470 e. The third-order valence-corrected chi connectivity index (χ3v) is 1.66. The van der Waals surface area contributed by atoms with Gasteiger partial charge in [-0.05, 0) is 6.08 Å². The Morgan fingerprint density at radius 3 is 2.62 bits per heavy atom. The van der Waals surface area contributed by atoms with Gasteiger partial charge in [0.1, 0.15) is 0 Å². The summed E-state index contributed by atoms with van der Waals surface area (Å²) in [5, 5.41) is 0. The molecule has 0 aromatic heterocycles. The van der Waals surface area contributed by atoms with E-state index in [2.05, 4.69) is 0 Å². The summed E-state index contributed by atoms with van der Waals surface area (Å²) < 4.78 is 10.4. The summed E-state index contributed by atoms with van der Waals surface area (Å²) in [6, 6.07) is 0. The Kier molecular flexibility index (Phi) is 0.690. The first kappa shape index (κ1) is 4.39. The molecular formula is C6H8O2. The fourth-order valence-corrected chi connectivity index (χ4v) is 1.03. The largest absolute Gasteiger partial charge is 0.470 e. The van der Waals surface area contributed by atoms with Gasteiger partial charge in [-0.25, -0.2) is 0 Å². The number of hydrogen-bond donors (Lipinski definition) is 0. The van der Waals surface area contributed by atoms with Crippen molar-refractivity contribution in [3.63, 3.8) is 0 Å². The van der Waals surface area contributed by atoms with Crippen LogP contribution in [-0.4, -0.2) is 12.4 Å². The third kappa shape index (κ3) is 0.409. The van der Waals surface area contributed by atoms with E-state index in [0.717, 1.165) is 19.4 Å². The van der Waals surface area contributed by atoms with Crippen LogP contribution >= 0.6 is 0 Å². The summed E-state index contributed by atoms with van der Waals surface area (Å²) in [6.45, 7) is 0.863. The SMILES string of the molecule is C1=COC2(C1)CCO2. The summed E-state index contributed by atoms with van der Waals surface area (Å²) in [5.41, 5.74) is 0. The molecule has 8 heavy (non-hydrogen) atoms. The van der Waals surface area contributed by atoms with E-state index in [1.165, 1.54) is 0 Å². The van der Waals surface area contributed by atoms with Gasteiger partial charge in [0.25, 0.3) is 0 Å². The Balaban J connectivity index is 2.06. The first-order valence-corrected chi connectivity index (χ1v) is 2.88. The van der Waals surface area contributed by atoms with Crippen LogP contribution in [0, 0.1) is 0 Å². The Hall–Kier alpha value is -0.500. The van der Waals surface area contributed by atoms with Crippen molar-refractivity contribution < 1.29 is 9.47 Å². The van der Waals surface area contributed by atoms with Crippen molar-refractivity contribution in [2.45, 2.75) is 18.6 Å². The van der Waals surface area contributed by atoms with E-state index < -0.39 is 0 Å². The summed E-state index contributed by atoms with van der Waals surface area (Å²) in [5.74, 6) is -0.194. The third-order valence-electron chi connectivity index (χ3n) is 1.66. The van der Waals surface area contributed by atoms with Gasteiger partial charge in [0.05, 0.1) is 12.9 Å². The van der Waals surface area contributed by atoms with Crippen LogP contribution in [0.3, 0.4) is 0 Å². The average molecular weight is 112 g/mol. The Bertz CT molecular complexity index is 114. The second-order valence-corrected chi connectivity index (χ2v) is 2.20. The van der Waals surface area contributed by atoms with Gasteiger partial charge in [-0.1, -0.05) is 0 Å². The summed E-state index contributed by atoms with van der Waals surface area (Å²) in [4.78, 5) is 0. The maximum atomic E-state index is 5.19. The highest BCUT2D eigenvalue weighted by molar-refractivity contribution is 4.95. The van der Waals surface area contributed by atoms with Gasteiger partial charge in [-0.2, -0.15) is 0 Å². The predicted molar refractivity (Wildman–Crippen MR) is 28.1 cm³/mol. The molecule has 2 rings (SSSR count). The number of hydrogen-bond acceptors (Lipinski definition) is 2. The summed E-state index contributed by atoms with van der Waals surface area (Å²) >= 11 is 0. The standard InChI is InChI=1S/C6H8O2/c1-2-6(7-4-1)3-5-8-6/h1,4H,2-3,5H2. The molecule has 2 nitrogen and oxygen atoms in total. The Morgan fingerprint density at radius 1 is 1.50 bits per heavy atom. The molecule has 2 aliphatic heterocycles. The second kappa shape index (κ2) is 1.26. The van der Waals surface area contributed by atoms with Gasteiger partial charge in [-0.15, -0.1) is 0 Å². The molecule has 0 N–H and O–H groups in total. The van der Waals surface area contributed by atoms with E-state index in [1.807, 2.05) is 6.08 Å². The minimum absolute atomic E-state index is 0.194. The first-order chi connectivity index (χ1) is 3.91. The van der Waals surface area contributed by atoms with Crippen LogP contribution in [0.25, 0.3) is 0 Å². The Labute approximate surface area is 48.1 Å². The molecule has 0 aromatic carbocycles. The first-order valence-electron chi connectivity index (χ1n) is 2.88. The maximum absolute atomic E-state index is 5.19. The summed E-state index contributed by atoms with van der Waals surface area (Å²) in [7, 11) is 0. The van der Waals surface area contributed by atoms with Crippen molar-refractivity contribution in [3.8, 4) is 0 Å². The maximum Gasteiger partial charge on any atom is 0.215 e. The minimum atomic E-state index is -0.194. The molecule has 0 radical (unpaired) electrons. The fraction of sp³-hybridized carbons (Fsp3) is 0.667. The van der Waals surface area contributed by atoms with Crippen molar-refractivity contribution in [1.29, 1.82) is 0 Å². The highest BCUT2D eigenvalue weighted by Gasteiger charge is 2.41. The second-order valence-electron chi connectivity index (χ2n) is 2.20. The molecule has 1 saturated heterocycles. The van der Waals surface area contributed by atoms with Crippen LogP contribution in [-0.2, 0) is 9.47 Å². The summed E-state index contributed by atoms with van der Waals surface area (Å²) in [6.07, 6.45) is 5.71. The molecule has 0 aliphatic carbocycles. The van der Waals surface area contributed by atoms with E-state index in [1.54, 1.807) is 6.26 Å². The normalized spacial score (nSPS) is 42.0. The van der Waals surface area contributed by atoms with E-state index in [0.29, 0.717) is 0 Å². The van der Waals surface area contributed by atoms with E-state index in [4.69, 9.17) is 9.47 Å². The fourth-order valence-electron chi connectivity index (χ4n) is 1.03. The van der Waals surface area contributed by atoms with Crippen molar-refractivity contribution in [2.24, 2.45) is 0 Å². The van der Waals surface area contributed by atoms with Crippen LogP contribution in [0.4, 0.5) is 0 Å². The van der Waals surface area contributed by atoms with Crippen LogP contribution in [0.1, 0.15) is 12.8 Å². The van der Waals surface area contributed by atoms with Crippen molar-refractivity contribution in [1.82, 2.24) is 0 Å². The monoisotopic (exact) mass is 112 g/mol. The lowest BCUT2D eigenvalue weighted by molar-refractivity contribution is -0.272. The number of rotatable bonds is 0. The molecule has 0 saturated carbocycles. The highest BCUT2D eigenvalue weighted by Crippen LogP contribution is 2.35. The van der Waals surface area contributed by atoms with Crippen LogP contribution in [0.5, 0.6) is 0 Å². The van der Waals surface area contributed by atoms with E-state index >= 15 is 0 Å². The van der Waals surface area contributed by atoms with Gasteiger partial charge in [0.15, 0.2) is 0 Å². The zero-order valence-corrected chi connectivity index (χ0v) is 4.59. The van der Waals surface area contributed by atoms with Gasteiger partial charge in [-0.3, -0.25) is 0 Å². The molecule has 0 amide bonds. The van der Waals surface area contributed by atoms with Gasteiger partial charge in [0, 0.05) is 12.8 Å². The van der Waals surface area contributed by atoms with Crippen molar-refractivity contribution >= 4 is 0 Å². The molecule has 2 heterocycles. The highest BCUT2D eigenvalue weighted by atomic mass is 16.7. The van der Waals surface area contributed by atoms with E-state index in [-0.39, 0.29) is 5.79 Å². The molecule has 0 bridgehead atoms. The zero-order chi connectivity index (χ0) is 5.45. The molecule has 1 spiro atoms. The quantitative estimate of drug-likeness (QED) is 0.466. The molecule has 44 valence electrons. The molecule has 1 fully saturated rings. The Morgan fingerprint density at radius 2 is 2.38 bits per heavy atom. The van der Waals surface area contributed by atoms with Gasteiger partial charge < -0.3 is 9.47 Å². The topological polar surface area (TPSA) is 18.5 Å². The van der Waals surface area contributed by atoms with Crippen LogP contribution < -0.4 is 0 Å². The molecular weight excluding hydrogens is 104 g/mol. The molecule has 2 aliphatic rings. The lowest BCUT2D eigenvalue weighted by atomic mass is 10.1. The zero-order valence-electron chi connectivity index (χ0n) is 4.59. The lowest BCUT2D eigenvalue weighted by Gasteiger charge is -2.36. The smallest absolute Gasteiger partial charge is 0.215 e. The van der Waals surface area contributed by atoms with Crippen LogP contribution in [0.15, 0.2) is 12.3 Å².